The minimum atomic E-state index is -0.384. The van der Waals surface area contributed by atoms with E-state index in [-0.39, 0.29) is 5.41 Å². The number of anilines is 3. The van der Waals surface area contributed by atoms with Gasteiger partial charge < -0.3 is 9.47 Å². The van der Waals surface area contributed by atoms with E-state index in [0.29, 0.717) is 6.04 Å². The Morgan fingerprint density at radius 1 is 0.469 bits per heavy atom. The molecule has 1 spiro atoms. The highest BCUT2D eigenvalue weighted by Crippen LogP contribution is 2.63. The summed E-state index contributed by atoms with van der Waals surface area (Å²) in [7, 11) is 0. The van der Waals surface area contributed by atoms with Crippen LogP contribution in [0, 0.1) is 0 Å². The van der Waals surface area contributed by atoms with Gasteiger partial charge in [0.2, 0.25) is 0 Å². The highest BCUT2D eigenvalue weighted by atomic mass is 15.1. The van der Waals surface area contributed by atoms with Gasteiger partial charge in [0, 0.05) is 44.9 Å². The van der Waals surface area contributed by atoms with Crippen LogP contribution in [0.2, 0.25) is 0 Å². The number of rotatable bonds is 5. The number of nitrogens with zero attached hydrogens (tertiary/aromatic N) is 2. The minimum Gasteiger partial charge on any atom is -0.338 e. The molecule has 0 N–H and O–H groups in total. The number of hydrogen-bond donors (Lipinski definition) is 0. The Morgan fingerprint density at radius 3 is 1.63 bits per heavy atom. The van der Waals surface area contributed by atoms with Crippen molar-refractivity contribution < 1.29 is 0 Å². The molecule has 234 valence electrons. The van der Waals surface area contributed by atoms with Crippen LogP contribution >= 0.6 is 0 Å². The van der Waals surface area contributed by atoms with Gasteiger partial charge in [-0.05, 0) is 106 Å². The zero-order valence-corrected chi connectivity index (χ0v) is 27.8. The molecule has 2 nitrogen and oxygen atoms in total. The summed E-state index contributed by atoms with van der Waals surface area (Å²) < 4.78 is 2.52. The molecular formula is C47H36N2. The molecule has 2 heteroatoms. The number of para-hydroxylation sites is 2. The molecule has 0 radical (unpaired) electrons. The van der Waals surface area contributed by atoms with Crippen molar-refractivity contribution in [3.8, 4) is 22.3 Å². The van der Waals surface area contributed by atoms with E-state index in [1.54, 1.807) is 0 Å². The fourth-order valence-corrected chi connectivity index (χ4v) is 9.03. The van der Waals surface area contributed by atoms with Crippen molar-refractivity contribution in [2.75, 3.05) is 4.90 Å². The second-order valence-corrected chi connectivity index (χ2v) is 13.6. The first kappa shape index (κ1) is 28.2. The number of fused-ring (bicyclic) bond motifs is 13. The third-order valence-electron chi connectivity index (χ3n) is 11.2. The van der Waals surface area contributed by atoms with E-state index >= 15 is 0 Å². The molecule has 0 saturated carbocycles. The van der Waals surface area contributed by atoms with E-state index in [9.17, 15) is 0 Å². The molecule has 49 heavy (non-hydrogen) atoms. The first-order valence-electron chi connectivity index (χ1n) is 17.5. The van der Waals surface area contributed by atoms with Crippen LogP contribution in [0.15, 0.2) is 164 Å². The van der Waals surface area contributed by atoms with Gasteiger partial charge in [0.1, 0.15) is 0 Å². The van der Waals surface area contributed by atoms with Crippen LogP contribution in [0.4, 0.5) is 17.1 Å². The van der Waals surface area contributed by atoms with Gasteiger partial charge in [-0.15, -0.1) is 0 Å². The summed E-state index contributed by atoms with van der Waals surface area (Å²) in [5.41, 5.74) is 16.4. The molecule has 2 aliphatic rings. The number of hydrogen-bond acceptors (Lipinski definition) is 1. The van der Waals surface area contributed by atoms with Crippen molar-refractivity contribution in [3.63, 3.8) is 0 Å². The van der Waals surface area contributed by atoms with Crippen LogP contribution < -0.4 is 4.90 Å². The van der Waals surface area contributed by atoms with Crippen LogP contribution in [0.25, 0.3) is 44.1 Å². The Morgan fingerprint density at radius 2 is 0.980 bits per heavy atom. The van der Waals surface area contributed by atoms with E-state index in [4.69, 9.17) is 0 Å². The van der Waals surface area contributed by atoms with Gasteiger partial charge in [-0.25, -0.2) is 0 Å². The van der Waals surface area contributed by atoms with E-state index in [1.165, 1.54) is 66.3 Å². The van der Waals surface area contributed by atoms with Crippen molar-refractivity contribution in [2.45, 2.75) is 31.7 Å². The Bertz CT molecular complexity index is 2510. The van der Waals surface area contributed by atoms with Crippen LogP contribution in [0.3, 0.4) is 0 Å². The lowest BCUT2D eigenvalue weighted by Crippen LogP contribution is -2.26. The zero-order valence-electron chi connectivity index (χ0n) is 27.8. The summed E-state index contributed by atoms with van der Waals surface area (Å²) >= 11 is 0. The molecule has 10 rings (SSSR count). The third-order valence-corrected chi connectivity index (χ3v) is 11.2. The maximum Gasteiger partial charge on any atom is 0.0726 e. The Kier molecular flexibility index (Phi) is 6.08. The van der Waals surface area contributed by atoms with Gasteiger partial charge in [-0.2, -0.15) is 0 Å². The average Bonchev–Trinajstić information content (AvgIpc) is 3.77. The molecule has 1 heterocycles. The van der Waals surface area contributed by atoms with Gasteiger partial charge in [0.25, 0.3) is 0 Å². The lowest BCUT2D eigenvalue weighted by molar-refractivity contribution is 0.563. The maximum atomic E-state index is 2.52. The minimum absolute atomic E-state index is 0.384. The first-order chi connectivity index (χ1) is 24.2. The van der Waals surface area contributed by atoms with Crippen molar-refractivity contribution in [3.05, 3.63) is 186 Å². The monoisotopic (exact) mass is 628 g/mol. The summed E-state index contributed by atoms with van der Waals surface area (Å²) in [4.78, 5) is 2.44. The molecule has 0 saturated heterocycles. The largest absolute Gasteiger partial charge is 0.338 e. The molecule has 1 atom stereocenters. The first-order valence-corrected chi connectivity index (χ1v) is 17.5. The maximum absolute atomic E-state index is 2.52. The Hall–Kier alpha value is -5.86. The Balaban J connectivity index is 1.24. The van der Waals surface area contributed by atoms with Gasteiger partial charge in [0.15, 0.2) is 0 Å². The predicted molar refractivity (Wildman–Crippen MR) is 205 cm³/mol. The fraction of sp³-hybridized carbons (Fsp3) is 0.106. The lowest BCUT2D eigenvalue weighted by Gasteiger charge is -2.32. The van der Waals surface area contributed by atoms with Crippen LogP contribution in [0.1, 0.15) is 48.6 Å². The topological polar surface area (TPSA) is 8.17 Å². The van der Waals surface area contributed by atoms with Crippen LogP contribution in [-0.2, 0) is 5.41 Å². The van der Waals surface area contributed by atoms with Crippen LogP contribution in [0.5, 0.6) is 0 Å². The number of aromatic nitrogens is 1. The van der Waals surface area contributed by atoms with E-state index < -0.39 is 0 Å². The third kappa shape index (κ3) is 3.77. The highest BCUT2D eigenvalue weighted by Gasteiger charge is 2.51. The SMILES string of the molecule is CCC(C)n1c2ccccc2c2cc(N(c3ccccc3)c3ccc4c(c3)C3(c5ccccc5-c5ccccc53)c3ccccc3-4)ccc21. The molecule has 0 fully saturated rings. The molecule has 2 aliphatic carbocycles. The quantitative estimate of drug-likeness (QED) is 0.184. The van der Waals surface area contributed by atoms with Crippen LogP contribution in [-0.4, -0.2) is 4.57 Å². The van der Waals surface area contributed by atoms with Crippen molar-refractivity contribution >= 4 is 38.9 Å². The summed E-state index contributed by atoms with van der Waals surface area (Å²) in [5.74, 6) is 0. The molecule has 1 aromatic heterocycles. The lowest BCUT2D eigenvalue weighted by atomic mass is 9.70. The van der Waals surface area contributed by atoms with Gasteiger partial charge in [-0.1, -0.05) is 122 Å². The Labute approximate surface area is 287 Å². The van der Waals surface area contributed by atoms with Gasteiger partial charge in [-0.3, -0.25) is 0 Å². The van der Waals surface area contributed by atoms with Crippen molar-refractivity contribution in [1.29, 1.82) is 0 Å². The van der Waals surface area contributed by atoms with E-state index in [1.807, 2.05) is 0 Å². The molecule has 7 aromatic carbocycles. The summed E-state index contributed by atoms with van der Waals surface area (Å²) in [6.07, 6.45) is 1.08. The molecule has 1 unspecified atom stereocenters. The van der Waals surface area contributed by atoms with Crippen molar-refractivity contribution in [1.82, 2.24) is 4.57 Å². The summed E-state index contributed by atoms with van der Waals surface area (Å²) in [6, 6.07) is 61.5. The normalized spacial score (nSPS) is 14.1. The fourth-order valence-electron chi connectivity index (χ4n) is 9.03. The van der Waals surface area contributed by atoms with E-state index in [2.05, 4.69) is 187 Å². The van der Waals surface area contributed by atoms with Crippen molar-refractivity contribution in [2.24, 2.45) is 0 Å². The zero-order chi connectivity index (χ0) is 32.7. The van der Waals surface area contributed by atoms with E-state index in [0.717, 1.165) is 23.5 Å². The smallest absolute Gasteiger partial charge is 0.0726 e. The summed E-state index contributed by atoms with van der Waals surface area (Å²) in [5, 5.41) is 2.59. The van der Waals surface area contributed by atoms with Gasteiger partial charge in [0.05, 0.1) is 5.41 Å². The molecular weight excluding hydrogens is 593 g/mol. The molecule has 8 aromatic rings. The standard InChI is InChI=1S/C47H36N2/c1-3-31(2)48-45-24-14-10-20-39(45)40-29-33(26-28-46(40)48)49(32-15-5-4-6-16-32)34-25-27-38-37-19-9-13-23-43(37)47(44(38)30-34)41-21-11-7-17-35(41)36-18-8-12-22-42(36)47/h4-31H,3H2,1-2H3. The predicted octanol–water partition coefficient (Wildman–Crippen LogP) is 12.6. The van der Waals surface area contributed by atoms with Gasteiger partial charge >= 0.3 is 0 Å². The highest BCUT2D eigenvalue weighted by molar-refractivity contribution is 6.10. The molecule has 0 aliphatic heterocycles. The number of benzene rings is 7. The second-order valence-electron chi connectivity index (χ2n) is 13.6. The second kappa shape index (κ2) is 10.6. The molecule has 0 amide bonds. The average molecular weight is 629 g/mol. The molecule has 0 bridgehead atoms. The summed E-state index contributed by atoms with van der Waals surface area (Å²) in [6.45, 7) is 4.60.